The third-order valence-corrected chi connectivity index (χ3v) is 1.65. The van der Waals surface area contributed by atoms with Crippen LogP contribution in [0.15, 0.2) is 18.2 Å². The first-order chi connectivity index (χ1) is 6.18. The number of pyridine rings is 1. The van der Waals surface area contributed by atoms with Gasteiger partial charge in [-0.05, 0) is 27.1 Å². The van der Waals surface area contributed by atoms with E-state index in [1.54, 1.807) is 0 Å². The normalized spacial score (nSPS) is 10.5. The Morgan fingerprint density at radius 2 is 2.15 bits per heavy atom. The van der Waals surface area contributed by atoms with Crippen LogP contribution in [0.3, 0.4) is 0 Å². The maximum atomic E-state index is 5.44. The minimum absolute atomic E-state index is 0.684. The van der Waals surface area contributed by atoms with Crippen molar-refractivity contribution in [3.63, 3.8) is 0 Å². The molecular weight excluding hydrogens is 164 g/mol. The maximum Gasteiger partial charge on any atom is 0.213 e. The van der Waals surface area contributed by atoms with E-state index in [9.17, 15) is 0 Å². The maximum absolute atomic E-state index is 5.44. The Morgan fingerprint density at radius 1 is 1.38 bits per heavy atom. The standard InChI is InChI=1S/C10H16N2O/c1-9-5-4-6-10(11-9)13-8-7-12(2)3/h4-6H,7-8H2,1-3H3. The van der Waals surface area contributed by atoms with Crippen LogP contribution in [-0.2, 0) is 0 Å². The van der Waals surface area contributed by atoms with E-state index in [1.165, 1.54) is 0 Å². The minimum atomic E-state index is 0.684. The molecule has 0 saturated heterocycles. The first-order valence-electron chi connectivity index (χ1n) is 4.39. The Labute approximate surface area is 79.3 Å². The summed E-state index contributed by atoms with van der Waals surface area (Å²) in [5, 5.41) is 0. The van der Waals surface area contributed by atoms with E-state index < -0.39 is 0 Å². The van der Waals surface area contributed by atoms with Crippen LogP contribution in [0.5, 0.6) is 5.88 Å². The lowest BCUT2D eigenvalue weighted by Crippen LogP contribution is -2.19. The second-order valence-electron chi connectivity index (χ2n) is 3.27. The molecular formula is C10H16N2O. The molecule has 0 aliphatic heterocycles. The van der Waals surface area contributed by atoms with Gasteiger partial charge in [0.1, 0.15) is 6.61 Å². The van der Waals surface area contributed by atoms with Crippen LogP contribution >= 0.6 is 0 Å². The number of aryl methyl sites for hydroxylation is 1. The Balaban J connectivity index is 2.37. The zero-order valence-corrected chi connectivity index (χ0v) is 8.45. The average molecular weight is 180 g/mol. The van der Waals surface area contributed by atoms with Crippen molar-refractivity contribution < 1.29 is 4.74 Å². The molecule has 0 amide bonds. The van der Waals surface area contributed by atoms with E-state index in [-0.39, 0.29) is 0 Å². The largest absolute Gasteiger partial charge is 0.476 e. The van der Waals surface area contributed by atoms with Gasteiger partial charge in [-0.15, -0.1) is 0 Å². The highest BCUT2D eigenvalue weighted by Gasteiger charge is 1.95. The molecule has 0 radical (unpaired) electrons. The first kappa shape index (κ1) is 9.99. The van der Waals surface area contributed by atoms with Crippen LogP contribution in [0.1, 0.15) is 5.69 Å². The SMILES string of the molecule is Cc1cccc(OCCN(C)C)n1. The summed E-state index contributed by atoms with van der Waals surface area (Å²) in [5.41, 5.74) is 0.988. The molecule has 0 saturated carbocycles. The number of rotatable bonds is 4. The number of nitrogens with zero attached hydrogens (tertiary/aromatic N) is 2. The Hall–Kier alpha value is -1.09. The number of likely N-dealkylation sites (N-methyl/N-ethyl adjacent to an activating group) is 1. The zero-order valence-electron chi connectivity index (χ0n) is 8.45. The van der Waals surface area contributed by atoms with Crippen molar-refractivity contribution >= 4 is 0 Å². The van der Waals surface area contributed by atoms with Crippen molar-refractivity contribution in [2.75, 3.05) is 27.2 Å². The van der Waals surface area contributed by atoms with E-state index in [0.29, 0.717) is 12.5 Å². The summed E-state index contributed by atoms with van der Waals surface area (Å²) in [7, 11) is 4.04. The molecule has 0 aliphatic carbocycles. The Kier molecular flexibility index (Phi) is 3.71. The molecule has 0 bridgehead atoms. The van der Waals surface area contributed by atoms with Gasteiger partial charge < -0.3 is 9.64 Å². The summed E-state index contributed by atoms with van der Waals surface area (Å²) >= 11 is 0. The fourth-order valence-corrected chi connectivity index (χ4v) is 0.931. The average Bonchev–Trinajstić information content (AvgIpc) is 2.03. The lowest BCUT2D eigenvalue weighted by molar-refractivity contribution is 0.253. The minimum Gasteiger partial charge on any atom is -0.476 e. The first-order valence-corrected chi connectivity index (χ1v) is 4.39. The fourth-order valence-electron chi connectivity index (χ4n) is 0.931. The summed E-state index contributed by atoms with van der Waals surface area (Å²) in [6.07, 6.45) is 0. The van der Waals surface area contributed by atoms with E-state index in [2.05, 4.69) is 9.88 Å². The van der Waals surface area contributed by atoms with Gasteiger partial charge >= 0.3 is 0 Å². The molecule has 0 spiro atoms. The highest BCUT2D eigenvalue weighted by atomic mass is 16.5. The van der Waals surface area contributed by atoms with Gasteiger partial charge in [0.25, 0.3) is 0 Å². The highest BCUT2D eigenvalue weighted by molar-refractivity contribution is 5.14. The van der Waals surface area contributed by atoms with Gasteiger partial charge in [-0.1, -0.05) is 6.07 Å². The summed E-state index contributed by atoms with van der Waals surface area (Å²) in [6, 6.07) is 5.79. The van der Waals surface area contributed by atoms with Gasteiger partial charge in [-0.2, -0.15) is 0 Å². The van der Waals surface area contributed by atoms with Gasteiger partial charge in [0.2, 0.25) is 5.88 Å². The molecule has 13 heavy (non-hydrogen) atoms. The van der Waals surface area contributed by atoms with E-state index in [1.807, 2.05) is 39.2 Å². The molecule has 0 unspecified atom stereocenters. The molecule has 1 aromatic heterocycles. The topological polar surface area (TPSA) is 25.4 Å². The molecule has 0 aromatic carbocycles. The van der Waals surface area contributed by atoms with Crippen LogP contribution in [0.2, 0.25) is 0 Å². The fraction of sp³-hybridized carbons (Fsp3) is 0.500. The van der Waals surface area contributed by atoms with Crippen molar-refractivity contribution in [1.29, 1.82) is 0 Å². The molecule has 1 rings (SSSR count). The summed E-state index contributed by atoms with van der Waals surface area (Å²) in [5.74, 6) is 0.710. The van der Waals surface area contributed by atoms with Crippen LogP contribution in [0, 0.1) is 6.92 Å². The number of hydrogen-bond acceptors (Lipinski definition) is 3. The molecule has 0 aliphatic rings. The van der Waals surface area contributed by atoms with E-state index in [4.69, 9.17) is 4.74 Å². The molecule has 1 aromatic rings. The van der Waals surface area contributed by atoms with Gasteiger partial charge in [-0.25, -0.2) is 4.98 Å². The summed E-state index contributed by atoms with van der Waals surface area (Å²) < 4.78 is 5.44. The monoisotopic (exact) mass is 180 g/mol. The number of ether oxygens (including phenoxy) is 1. The van der Waals surface area contributed by atoms with Gasteiger partial charge in [0.05, 0.1) is 0 Å². The molecule has 0 fully saturated rings. The molecule has 3 heteroatoms. The quantitative estimate of drug-likeness (QED) is 0.699. The van der Waals surface area contributed by atoms with Gasteiger partial charge in [-0.3, -0.25) is 0 Å². The van der Waals surface area contributed by atoms with Crippen molar-refractivity contribution in [1.82, 2.24) is 9.88 Å². The second kappa shape index (κ2) is 4.82. The molecule has 0 atom stereocenters. The van der Waals surface area contributed by atoms with Gasteiger partial charge in [0.15, 0.2) is 0 Å². The van der Waals surface area contributed by atoms with Crippen molar-refractivity contribution in [2.45, 2.75) is 6.92 Å². The third-order valence-electron chi connectivity index (χ3n) is 1.65. The Morgan fingerprint density at radius 3 is 2.77 bits per heavy atom. The predicted molar refractivity (Wildman–Crippen MR) is 53.0 cm³/mol. The molecule has 72 valence electrons. The molecule has 3 nitrogen and oxygen atoms in total. The third kappa shape index (κ3) is 3.90. The van der Waals surface area contributed by atoms with Crippen molar-refractivity contribution in [3.05, 3.63) is 23.9 Å². The lowest BCUT2D eigenvalue weighted by Gasteiger charge is -2.10. The summed E-state index contributed by atoms with van der Waals surface area (Å²) in [6.45, 7) is 3.55. The summed E-state index contributed by atoms with van der Waals surface area (Å²) in [4.78, 5) is 6.31. The van der Waals surface area contributed by atoms with Crippen molar-refractivity contribution in [3.8, 4) is 5.88 Å². The van der Waals surface area contributed by atoms with Gasteiger partial charge in [0, 0.05) is 18.3 Å². The van der Waals surface area contributed by atoms with Crippen LogP contribution < -0.4 is 4.74 Å². The highest BCUT2D eigenvalue weighted by Crippen LogP contribution is 2.05. The molecule has 1 heterocycles. The number of hydrogen-bond donors (Lipinski definition) is 0. The van der Waals surface area contributed by atoms with Crippen LogP contribution in [-0.4, -0.2) is 37.1 Å². The van der Waals surface area contributed by atoms with Crippen LogP contribution in [0.4, 0.5) is 0 Å². The Bertz CT molecular complexity index is 261. The van der Waals surface area contributed by atoms with E-state index >= 15 is 0 Å². The molecule has 0 N–H and O–H groups in total. The zero-order chi connectivity index (χ0) is 9.68. The van der Waals surface area contributed by atoms with Crippen LogP contribution in [0.25, 0.3) is 0 Å². The second-order valence-corrected chi connectivity index (χ2v) is 3.27. The predicted octanol–water partition coefficient (Wildman–Crippen LogP) is 1.33. The number of aromatic nitrogens is 1. The van der Waals surface area contributed by atoms with Crippen molar-refractivity contribution in [2.24, 2.45) is 0 Å². The lowest BCUT2D eigenvalue weighted by atomic mass is 10.4. The smallest absolute Gasteiger partial charge is 0.213 e. The van der Waals surface area contributed by atoms with E-state index in [0.717, 1.165) is 12.2 Å².